The fourth-order valence-corrected chi connectivity index (χ4v) is 2.37. The molecule has 0 amide bonds. The Kier molecular flexibility index (Phi) is 5.10. The van der Waals surface area contributed by atoms with E-state index in [1.165, 1.54) is 7.11 Å². The summed E-state index contributed by atoms with van der Waals surface area (Å²) in [5.74, 6) is -3.13. The number of rotatable bonds is 5. The van der Waals surface area contributed by atoms with Gasteiger partial charge in [0.25, 0.3) is 0 Å². The van der Waals surface area contributed by atoms with Crippen LogP contribution in [0.3, 0.4) is 0 Å². The van der Waals surface area contributed by atoms with E-state index in [-0.39, 0.29) is 0 Å². The third-order valence-electron chi connectivity index (χ3n) is 3.23. The molecular weight excluding hydrogens is 244 g/mol. The highest BCUT2D eigenvalue weighted by molar-refractivity contribution is 6.00. The number of ether oxygens (including phenoxy) is 1. The van der Waals surface area contributed by atoms with E-state index in [0.29, 0.717) is 18.4 Å². The highest BCUT2D eigenvalue weighted by Crippen LogP contribution is 2.28. The highest BCUT2D eigenvalue weighted by atomic mass is 16.5. The van der Waals surface area contributed by atoms with E-state index in [4.69, 9.17) is 0 Å². The summed E-state index contributed by atoms with van der Waals surface area (Å²) in [5.41, 5.74) is 3.46. The van der Waals surface area contributed by atoms with Gasteiger partial charge in [0, 0.05) is 0 Å². The van der Waals surface area contributed by atoms with E-state index in [1.54, 1.807) is 0 Å². The van der Waals surface area contributed by atoms with E-state index < -0.39 is 17.9 Å². The van der Waals surface area contributed by atoms with Gasteiger partial charge in [0.1, 0.15) is 0 Å². The van der Waals surface area contributed by atoms with Crippen molar-refractivity contribution in [1.29, 1.82) is 0 Å². The van der Waals surface area contributed by atoms with Crippen LogP contribution in [0.15, 0.2) is 12.1 Å². The van der Waals surface area contributed by atoms with Crippen LogP contribution in [0.4, 0.5) is 0 Å². The average Bonchev–Trinajstić information content (AvgIpc) is 2.39. The molecule has 0 aliphatic carbocycles. The molecule has 0 spiro atoms. The lowest BCUT2D eigenvalue weighted by atomic mass is 9.86. The lowest BCUT2D eigenvalue weighted by Crippen LogP contribution is -2.25. The first-order valence-electron chi connectivity index (χ1n) is 6.39. The second-order valence-corrected chi connectivity index (χ2v) is 4.50. The molecule has 104 valence electrons. The number of carbonyl (C=O) groups excluding carboxylic acids is 1. The maximum Gasteiger partial charge on any atom is 0.324 e. The van der Waals surface area contributed by atoms with Crippen molar-refractivity contribution in [2.75, 3.05) is 7.11 Å². The predicted octanol–water partition coefficient (Wildman–Crippen LogP) is 2.46. The van der Waals surface area contributed by atoms with Crippen molar-refractivity contribution in [3.8, 4) is 0 Å². The molecule has 19 heavy (non-hydrogen) atoms. The number of benzene rings is 1. The number of hydrogen-bond acceptors (Lipinski definition) is 3. The molecule has 1 atom stereocenters. The maximum absolute atomic E-state index is 11.8. The van der Waals surface area contributed by atoms with Crippen LogP contribution in [0, 0.1) is 6.92 Å². The Labute approximate surface area is 113 Å². The van der Waals surface area contributed by atoms with Crippen LogP contribution in [0.1, 0.15) is 42.0 Å². The molecule has 0 saturated heterocycles. The van der Waals surface area contributed by atoms with Gasteiger partial charge in [-0.15, -0.1) is 0 Å². The van der Waals surface area contributed by atoms with Gasteiger partial charge in [-0.3, -0.25) is 9.59 Å². The molecule has 0 aliphatic rings. The van der Waals surface area contributed by atoms with Crippen molar-refractivity contribution in [2.45, 2.75) is 39.5 Å². The van der Waals surface area contributed by atoms with Crippen LogP contribution in [0.2, 0.25) is 0 Å². The van der Waals surface area contributed by atoms with Crippen LogP contribution in [-0.4, -0.2) is 24.2 Å². The van der Waals surface area contributed by atoms with E-state index in [0.717, 1.165) is 16.7 Å². The summed E-state index contributed by atoms with van der Waals surface area (Å²) in [4.78, 5) is 23.2. The molecule has 0 saturated carbocycles. The topological polar surface area (TPSA) is 63.6 Å². The largest absolute Gasteiger partial charge is 0.480 e. The van der Waals surface area contributed by atoms with Crippen molar-refractivity contribution in [3.63, 3.8) is 0 Å². The number of carboxylic acids is 1. The summed E-state index contributed by atoms with van der Waals surface area (Å²) in [5, 5.41) is 9.34. The van der Waals surface area contributed by atoms with Gasteiger partial charge >= 0.3 is 11.9 Å². The molecule has 1 rings (SSSR count). The van der Waals surface area contributed by atoms with Gasteiger partial charge in [0.2, 0.25) is 0 Å². The molecule has 1 aromatic rings. The van der Waals surface area contributed by atoms with E-state index in [2.05, 4.69) is 4.74 Å². The van der Waals surface area contributed by atoms with Crippen molar-refractivity contribution in [2.24, 2.45) is 0 Å². The molecule has 4 nitrogen and oxygen atoms in total. The first kappa shape index (κ1) is 15.2. The Balaban J connectivity index is 3.52. The summed E-state index contributed by atoms with van der Waals surface area (Å²) in [6.07, 6.45) is 1.37. The maximum atomic E-state index is 11.8. The smallest absolute Gasteiger partial charge is 0.324 e. The number of carboxylic acid groups (broad SMARTS) is 1. The minimum absolute atomic E-state index is 0.593. The normalized spacial score (nSPS) is 12.0. The Morgan fingerprint density at radius 2 is 1.68 bits per heavy atom. The SMILES string of the molecule is CCc1cc(C)cc(CC)c1C(C(=O)O)C(=O)OC. The average molecular weight is 264 g/mol. The summed E-state index contributed by atoms with van der Waals surface area (Å²) >= 11 is 0. The number of aliphatic carboxylic acids is 1. The Morgan fingerprint density at radius 3 is 2.00 bits per heavy atom. The van der Waals surface area contributed by atoms with Crippen molar-refractivity contribution >= 4 is 11.9 Å². The molecule has 1 aromatic carbocycles. The molecule has 0 heterocycles. The standard InChI is InChI=1S/C15H20O4/c1-5-10-7-9(3)8-11(6-2)12(10)13(14(16)17)15(18)19-4/h7-8,13H,5-6H2,1-4H3,(H,16,17). The first-order valence-corrected chi connectivity index (χ1v) is 6.39. The number of esters is 1. The van der Waals surface area contributed by atoms with E-state index in [9.17, 15) is 14.7 Å². The minimum atomic E-state index is -1.24. The van der Waals surface area contributed by atoms with E-state index in [1.807, 2.05) is 32.9 Å². The van der Waals surface area contributed by atoms with Gasteiger partial charge in [-0.05, 0) is 36.5 Å². The van der Waals surface area contributed by atoms with Crippen molar-refractivity contribution in [3.05, 3.63) is 34.4 Å². The highest BCUT2D eigenvalue weighted by Gasteiger charge is 2.32. The molecule has 0 bridgehead atoms. The lowest BCUT2D eigenvalue weighted by Gasteiger charge is -2.19. The van der Waals surface area contributed by atoms with Crippen LogP contribution in [0.5, 0.6) is 0 Å². The third-order valence-corrected chi connectivity index (χ3v) is 3.23. The molecule has 0 radical (unpaired) electrons. The molecule has 0 fully saturated rings. The molecule has 4 heteroatoms. The summed E-state index contributed by atoms with van der Waals surface area (Å²) in [6.45, 7) is 5.87. The van der Waals surface area contributed by atoms with Gasteiger partial charge in [-0.2, -0.15) is 0 Å². The molecule has 1 N–H and O–H groups in total. The van der Waals surface area contributed by atoms with Crippen molar-refractivity contribution in [1.82, 2.24) is 0 Å². The van der Waals surface area contributed by atoms with Gasteiger partial charge in [-0.25, -0.2) is 0 Å². The second kappa shape index (κ2) is 6.36. The molecular formula is C15H20O4. The predicted molar refractivity (Wildman–Crippen MR) is 72.3 cm³/mol. The van der Waals surface area contributed by atoms with Gasteiger partial charge in [0.15, 0.2) is 5.92 Å². The van der Waals surface area contributed by atoms with Gasteiger partial charge < -0.3 is 9.84 Å². The number of aryl methyl sites for hydroxylation is 3. The fraction of sp³-hybridized carbons (Fsp3) is 0.467. The third kappa shape index (κ3) is 3.13. The molecule has 0 aliphatic heterocycles. The summed E-state index contributed by atoms with van der Waals surface area (Å²) in [7, 11) is 1.21. The van der Waals surface area contributed by atoms with Crippen LogP contribution >= 0.6 is 0 Å². The fourth-order valence-electron chi connectivity index (χ4n) is 2.37. The minimum Gasteiger partial charge on any atom is -0.480 e. The van der Waals surface area contributed by atoms with Crippen LogP contribution < -0.4 is 0 Å². The van der Waals surface area contributed by atoms with Crippen molar-refractivity contribution < 1.29 is 19.4 Å². The second-order valence-electron chi connectivity index (χ2n) is 4.50. The quantitative estimate of drug-likeness (QED) is 0.655. The Hall–Kier alpha value is -1.84. The monoisotopic (exact) mass is 264 g/mol. The van der Waals surface area contributed by atoms with E-state index >= 15 is 0 Å². The number of carbonyl (C=O) groups is 2. The number of hydrogen-bond donors (Lipinski definition) is 1. The zero-order valence-corrected chi connectivity index (χ0v) is 11.8. The lowest BCUT2D eigenvalue weighted by molar-refractivity contribution is -0.152. The van der Waals surface area contributed by atoms with Crippen LogP contribution in [-0.2, 0) is 27.2 Å². The Bertz CT molecular complexity index is 466. The molecule has 0 aromatic heterocycles. The zero-order chi connectivity index (χ0) is 14.6. The van der Waals surface area contributed by atoms with Gasteiger partial charge in [0.05, 0.1) is 7.11 Å². The summed E-state index contributed by atoms with van der Waals surface area (Å²) in [6, 6.07) is 3.88. The first-order chi connectivity index (χ1) is 8.96. The van der Waals surface area contributed by atoms with Crippen LogP contribution in [0.25, 0.3) is 0 Å². The number of methoxy groups -OCH3 is 1. The Morgan fingerprint density at radius 1 is 1.21 bits per heavy atom. The summed E-state index contributed by atoms with van der Waals surface area (Å²) < 4.78 is 4.64. The zero-order valence-electron chi connectivity index (χ0n) is 11.8. The van der Waals surface area contributed by atoms with Gasteiger partial charge in [-0.1, -0.05) is 31.5 Å². The molecule has 1 unspecified atom stereocenters.